The topological polar surface area (TPSA) is 40.5 Å². The van der Waals surface area contributed by atoms with Crippen molar-refractivity contribution in [3.05, 3.63) is 75.9 Å². The normalized spacial score (nSPS) is 11.4. The molecular formula is C35H57NO2. The van der Waals surface area contributed by atoms with Gasteiger partial charge in [0.2, 0.25) is 0 Å². The van der Waals surface area contributed by atoms with Gasteiger partial charge in [0.05, 0.1) is 5.56 Å². The number of aryl methyl sites for hydroxylation is 1. The standard InChI is InChI=1S/C21H24O2.C12H27N.C2H6/c1-5-14(2)16(4)20-13-18(10-9-15(20)3)11-17-7-6-8-19(12-17)21(22)23;1-5-7-10-13(9-6-2)11-8-12(3)4;1-2/h6-10,12-13H,5,11H2,1-4H3,(H,22,23);12H,5-11H2,1-4H3;1-2H3/b16-14-;;. The quantitative estimate of drug-likeness (QED) is 0.284. The highest BCUT2D eigenvalue weighted by molar-refractivity contribution is 5.87. The molecule has 3 nitrogen and oxygen atoms in total. The molecule has 0 aromatic heterocycles. The molecule has 0 fully saturated rings. The smallest absolute Gasteiger partial charge is 0.335 e. The Morgan fingerprint density at radius 1 is 0.895 bits per heavy atom. The van der Waals surface area contributed by atoms with E-state index in [1.54, 1.807) is 18.2 Å². The minimum absolute atomic E-state index is 0.340. The van der Waals surface area contributed by atoms with E-state index in [4.69, 9.17) is 5.11 Å². The number of allylic oxidation sites excluding steroid dienone is 2. The number of carboxylic acids is 1. The molecule has 0 bridgehead atoms. The summed E-state index contributed by atoms with van der Waals surface area (Å²) in [6.07, 6.45) is 7.12. The van der Waals surface area contributed by atoms with Crippen molar-refractivity contribution in [2.45, 2.75) is 108 Å². The van der Waals surface area contributed by atoms with Crippen LogP contribution in [0.2, 0.25) is 0 Å². The molecular weight excluding hydrogens is 466 g/mol. The van der Waals surface area contributed by atoms with E-state index in [0.29, 0.717) is 5.56 Å². The maximum absolute atomic E-state index is 11.1. The van der Waals surface area contributed by atoms with Gasteiger partial charge in [-0.1, -0.05) is 90.8 Å². The molecule has 0 radical (unpaired) electrons. The fourth-order valence-electron chi connectivity index (χ4n) is 4.20. The Balaban J connectivity index is 0.000000780. The highest BCUT2D eigenvalue weighted by Crippen LogP contribution is 2.25. The molecule has 0 amide bonds. The number of carboxylic acid groups (broad SMARTS) is 1. The fourth-order valence-corrected chi connectivity index (χ4v) is 4.20. The molecule has 0 atom stereocenters. The second-order valence-electron chi connectivity index (χ2n) is 10.5. The molecule has 0 heterocycles. The summed E-state index contributed by atoms with van der Waals surface area (Å²) in [5, 5.41) is 9.11. The number of benzene rings is 2. The lowest BCUT2D eigenvalue weighted by molar-refractivity contribution is 0.0696. The molecule has 214 valence electrons. The van der Waals surface area contributed by atoms with Gasteiger partial charge < -0.3 is 10.0 Å². The van der Waals surface area contributed by atoms with E-state index in [9.17, 15) is 4.79 Å². The molecule has 0 spiro atoms. The summed E-state index contributed by atoms with van der Waals surface area (Å²) in [5.74, 6) is -0.0326. The van der Waals surface area contributed by atoms with Crippen molar-refractivity contribution in [1.82, 2.24) is 4.90 Å². The van der Waals surface area contributed by atoms with Gasteiger partial charge in [-0.3, -0.25) is 0 Å². The van der Waals surface area contributed by atoms with E-state index in [2.05, 4.69) is 78.5 Å². The molecule has 0 aliphatic heterocycles. The third-order valence-electron chi connectivity index (χ3n) is 6.85. The van der Waals surface area contributed by atoms with Gasteiger partial charge in [-0.15, -0.1) is 0 Å². The summed E-state index contributed by atoms with van der Waals surface area (Å²) >= 11 is 0. The van der Waals surface area contributed by atoms with Crippen LogP contribution in [-0.2, 0) is 6.42 Å². The lowest BCUT2D eigenvalue weighted by atomic mass is 9.93. The average Bonchev–Trinajstić information content (AvgIpc) is 2.92. The summed E-state index contributed by atoms with van der Waals surface area (Å²) in [7, 11) is 0. The largest absolute Gasteiger partial charge is 0.478 e. The van der Waals surface area contributed by atoms with Crippen molar-refractivity contribution in [1.29, 1.82) is 0 Å². The van der Waals surface area contributed by atoms with E-state index in [1.165, 1.54) is 73.2 Å². The lowest BCUT2D eigenvalue weighted by Gasteiger charge is -2.22. The summed E-state index contributed by atoms with van der Waals surface area (Å²) < 4.78 is 0. The van der Waals surface area contributed by atoms with Gasteiger partial charge in [0.15, 0.2) is 0 Å². The van der Waals surface area contributed by atoms with E-state index < -0.39 is 5.97 Å². The molecule has 0 aliphatic carbocycles. The van der Waals surface area contributed by atoms with Crippen molar-refractivity contribution < 1.29 is 9.90 Å². The maximum Gasteiger partial charge on any atom is 0.335 e. The summed E-state index contributed by atoms with van der Waals surface area (Å²) in [5.41, 5.74) is 7.87. The molecule has 0 unspecified atom stereocenters. The first-order valence-electron chi connectivity index (χ1n) is 14.9. The van der Waals surface area contributed by atoms with Gasteiger partial charge in [-0.2, -0.15) is 0 Å². The second kappa shape index (κ2) is 20.6. The molecule has 1 N–H and O–H groups in total. The van der Waals surface area contributed by atoms with Crippen LogP contribution in [0.1, 0.15) is 127 Å². The van der Waals surface area contributed by atoms with Crippen LogP contribution in [0.5, 0.6) is 0 Å². The van der Waals surface area contributed by atoms with E-state index in [-0.39, 0.29) is 0 Å². The monoisotopic (exact) mass is 523 g/mol. The zero-order chi connectivity index (χ0) is 29.1. The minimum atomic E-state index is -0.881. The number of rotatable bonds is 13. The Kier molecular flexibility index (Phi) is 19.3. The first kappa shape index (κ1) is 35.6. The molecule has 2 rings (SSSR count). The molecule has 0 saturated heterocycles. The van der Waals surface area contributed by atoms with E-state index in [1.807, 2.05) is 19.9 Å². The van der Waals surface area contributed by atoms with Crippen LogP contribution in [0.4, 0.5) is 0 Å². The van der Waals surface area contributed by atoms with Crippen LogP contribution in [0, 0.1) is 12.8 Å². The molecule has 0 saturated carbocycles. The Bertz CT molecular complexity index is 958. The predicted octanol–water partition coefficient (Wildman–Crippen LogP) is 10.1. The van der Waals surface area contributed by atoms with Crippen LogP contribution in [0.25, 0.3) is 5.57 Å². The van der Waals surface area contributed by atoms with Crippen molar-refractivity contribution in [3.8, 4) is 0 Å². The Morgan fingerprint density at radius 3 is 2.11 bits per heavy atom. The van der Waals surface area contributed by atoms with Crippen molar-refractivity contribution in [2.24, 2.45) is 5.92 Å². The van der Waals surface area contributed by atoms with Gasteiger partial charge >= 0.3 is 5.97 Å². The van der Waals surface area contributed by atoms with Gasteiger partial charge in [0.25, 0.3) is 0 Å². The van der Waals surface area contributed by atoms with Crippen LogP contribution >= 0.6 is 0 Å². The van der Waals surface area contributed by atoms with Crippen molar-refractivity contribution >= 4 is 11.5 Å². The average molecular weight is 524 g/mol. The Hall–Kier alpha value is -2.39. The third-order valence-corrected chi connectivity index (χ3v) is 6.85. The Morgan fingerprint density at radius 2 is 1.55 bits per heavy atom. The molecule has 2 aromatic rings. The van der Waals surface area contributed by atoms with Gasteiger partial charge in [0, 0.05) is 0 Å². The molecule has 3 heteroatoms. The van der Waals surface area contributed by atoms with Crippen LogP contribution < -0.4 is 0 Å². The number of aromatic carboxylic acids is 1. The summed E-state index contributed by atoms with van der Waals surface area (Å²) in [4.78, 5) is 13.7. The van der Waals surface area contributed by atoms with Crippen LogP contribution in [-0.4, -0.2) is 35.6 Å². The maximum atomic E-state index is 11.1. The number of carbonyl (C=O) groups is 1. The number of nitrogens with zero attached hydrogens (tertiary/aromatic N) is 1. The minimum Gasteiger partial charge on any atom is -0.478 e. The SMILES string of the molecule is CC.CC/C(C)=C(/C)c1cc(Cc2cccc(C(=O)O)c2)ccc1C.CCCCN(CCC)CCC(C)C. The summed E-state index contributed by atoms with van der Waals surface area (Å²) in [6.45, 7) is 25.7. The zero-order valence-electron chi connectivity index (χ0n) is 26.3. The van der Waals surface area contributed by atoms with Crippen LogP contribution in [0.15, 0.2) is 48.0 Å². The summed E-state index contributed by atoms with van der Waals surface area (Å²) in [6, 6.07) is 13.7. The Labute approximate surface area is 235 Å². The number of hydrogen-bond donors (Lipinski definition) is 1. The zero-order valence-corrected chi connectivity index (χ0v) is 26.3. The highest BCUT2D eigenvalue weighted by atomic mass is 16.4. The number of hydrogen-bond acceptors (Lipinski definition) is 2. The second-order valence-corrected chi connectivity index (χ2v) is 10.5. The fraction of sp³-hybridized carbons (Fsp3) is 0.571. The van der Waals surface area contributed by atoms with Crippen molar-refractivity contribution in [3.63, 3.8) is 0 Å². The van der Waals surface area contributed by atoms with Crippen molar-refractivity contribution in [2.75, 3.05) is 19.6 Å². The highest BCUT2D eigenvalue weighted by Gasteiger charge is 2.08. The first-order chi connectivity index (χ1) is 18.1. The van der Waals surface area contributed by atoms with E-state index in [0.717, 1.165) is 24.3 Å². The van der Waals surface area contributed by atoms with Gasteiger partial charge in [-0.25, -0.2) is 4.79 Å². The molecule has 38 heavy (non-hydrogen) atoms. The van der Waals surface area contributed by atoms with Gasteiger partial charge in [0.1, 0.15) is 0 Å². The molecule has 2 aromatic carbocycles. The van der Waals surface area contributed by atoms with Crippen LogP contribution in [0.3, 0.4) is 0 Å². The number of unbranched alkanes of at least 4 members (excludes halogenated alkanes) is 1. The third kappa shape index (κ3) is 14.0. The van der Waals surface area contributed by atoms with E-state index >= 15 is 0 Å². The lowest BCUT2D eigenvalue weighted by Crippen LogP contribution is -2.27. The first-order valence-corrected chi connectivity index (χ1v) is 14.9. The van der Waals surface area contributed by atoms with Gasteiger partial charge in [-0.05, 0) is 118 Å². The predicted molar refractivity (Wildman–Crippen MR) is 168 cm³/mol. The molecule has 0 aliphatic rings.